The normalized spacial score (nSPS) is 17.6. The molecule has 1 aromatic rings. The third kappa shape index (κ3) is 2.98. The molecule has 0 unspecified atom stereocenters. The Morgan fingerprint density at radius 1 is 1.11 bits per heavy atom. The molecule has 1 aliphatic carbocycles. The minimum absolute atomic E-state index is 0.0704. The van der Waals surface area contributed by atoms with Gasteiger partial charge in [-0.25, -0.2) is 0 Å². The van der Waals surface area contributed by atoms with Gasteiger partial charge in [-0.3, -0.25) is 4.79 Å². The number of amides is 1. The highest BCUT2D eigenvalue weighted by atomic mass is 16.1. The summed E-state index contributed by atoms with van der Waals surface area (Å²) in [6.07, 6.45) is 5.64. The molecule has 3 heteroatoms. The van der Waals surface area contributed by atoms with E-state index in [1.165, 1.54) is 18.4 Å². The number of carbonyl (C=O) groups is 1. The second-order valence-corrected chi connectivity index (χ2v) is 5.71. The standard InChI is InChI=1S/C16H24N2O/c1-17(2)12-13-18(14-19)16(10-6-7-11-16)15-8-4-3-5-9-15/h3-5,8-9,14H,6-7,10-13H2,1-2H3. The Morgan fingerprint density at radius 3 is 2.26 bits per heavy atom. The highest BCUT2D eigenvalue weighted by molar-refractivity contribution is 5.51. The van der Waals surface area contributed by atoms with E-state index >= 15 is 0 Å². The van der Waals surface area contributed by atoms with Gasteiger partial charge in [-0.1, -0.05) is 43.2 Å². The van der Waals surface area contributed by atoms with Gasteiger partial charge in [-0.05, 0) is 32.5 Å². The topological polar surface area (TPSA) is 23.6 Å². The maximum absolute atomic E-state index is 11.6. The van der Waals surface area contributed by atoms with Crippen molar-refractivity contribution >= 4 is 6.41 Å². The van der Waals surface area contributed by atoms with Crippen molar-refractivity contribution in [2.75, 3.05) is 27.2 Å². The molecule has 1 amide bonds. The number of hydrogen-bond acceptors (Lipinski definition) is 2. The van der Waals surface area contributed by atoms with E-state index in [0.717, 1.165) is 32.3 Å². The molecule has 0 N–H and O–H groups in total. The van der Waals surface area contributed by atoms with E-state index in [2.05, 4.69) is 29.2 Å². The van der Waals surface area contributed by atoms with Crippen LogP contribution in [0.4, 0.5) is 0 Å². The summed E-state index contributed by atoms with van der Waals surface area (Å²) in [5, 5.41) is 0. The molecule has 1 aliphatic rings. The van der Waals surface area contributed by atoms with Crippen LogP contribution in [0.1, 0.15) is 31.2 Å². The minimum atomic E-state index is -0.0704. The molecule has 104 valence electrons. The van der Waals surface area contributed by atoms with E-state index in [0.29, 0.717) is 0 Å². The van der Waals surface area contributed by atoms with Crippen LogP contribution in [-0.2, 0) is 10.3 Å². The monoisotopic (exact) mass is 260 g/mol. The zero-order valence-electron chi connectivity index (χ0n) is 12.0. The summed E-state index contributed by atoms with van der Waals surface area (Å²) in [4.78, 5) is 15.7. The van der Waals surface area contributed by atoms with Crippen molar-refractivity contribution < 1.29 is 4.79 Å². The van der Waals surface area contributed by atoms with Crippen molar-refractivity contribution in [1.29, 1.82) is 0 Å². The Bertz CT molecular complexity index is 396. The van der Waals surface area contributed by atoms with Gasteiger partial charge in [-0.2, -0.15) is 0 Å². The third-order valence-corrected chi connectivity index (χ3v) is 4.21. The van der Waals surface area contributed by atoms with Crippen molar-refractivity contribution in [3.8, 4) is 0 Å². The lowest BCUT2D eigenvalue weighted by Gasteiger charge is -2.40. The third-order valence-electron chi connectivity index (χ3n) is 4.21. The molecule has 3 nitrogen and oxygen atoms in total. The second kappa shape index (κ2) is 6.20. The van der Waals surface area contributed by atoms with E-state index in [-0.39, 0.29) is 5.54 Å². The number of carbonyl (C=O) groups excluding carboxylic acids is 1. The molecule has 0 aromatic heterocycles. The van der Waals surface area contributed by atoms with E-state index in [1.807, 2.05) is 25.1 Å². The molecule has 0 heterocycles. The number of rotatable bonds is 6. The molecule has 0 aliphatic heterocycles. The van der Waals surface area contributed by atoms with Crippen LogP contribution in [0, 0.1) is 0 Å². The Hall–Kier alpha value is -1.35. The molecule has 0 saturated heterocycles. The first-order chi connectivity index (χ1) is 9.19. The molecule has 1 aromatic carbocycles. The van der Waals surface area contributed by atoms with Crippen LogP contribution in [0.5, 0.6) is 0 Å². The molecular weight excluding hydrogens is 236 g/mol. The Morgan fingerprint density at radius 2 is 1.74 bits per heavy atom. The van der Waals surface area contributed by atoms with Gasteiger partial charge in [-0.15, -0.1) is 0 Å². The number of hydrogen-bond donors (Lipinski definition) is 0. The molecule has 1 fully saturated rings. The van der Waals surface area contributed by atoms with Crippen molar-refractivity contribution in [2.45, 2.75) is 31.2 Å². The predicted molar refractivity (Wildman–Crippen MR) is 77.9 cm³/mol. The quantitative estimate of drug-likeness (QED) is 0.734. The molecule has 0 spiro atoms. The van der Waals surface area contributed by atoms with Crippen molar-refractivity contribution in [2.24, 2.45) is 0 Å². The molecule has 0 atom stereocenters. The smallest absolute Gasteiger partial charge is 0.210 e. The fourth-order valence-corrected chi connectivity index (χ4v) is 3.13. The van der Waals surface area contributed by atoms with Crippen LogP contribution in [0.3, 0.4) is 0 Å². The van der Waals surface area contributed by atoms with Crippen LogP contribution in [0.25, 0.3) is 0 Å². The van der Waals surface area contributed by atoms with Crippen molar-refractivity contribution in [3.63, 3.8) is 0 Å². The van der Waals surface area contributed by atoms with Gasteiger partial charge in [0.25, 0.3) is 0 Å². The maximum Gasteiger partial charge on any atom is 0.210 e. The summed E-state index contributed by atoms with van der Waals surface area (Å²) in [6, 6.07) is 10.5. The fourth-order valence-electron chi connectivity index (χ4n) is 3.13. The Labute approximate surface area is 116 Å². The van der Waals surface area contributed by atoms with E-state index in [9.17, 15) is 4.79 Å². The van der Waals surface area contributed by atoms with Gasteiger partial charge in [0.05, 0.1) is 5.54 Å². The van der Waals surface area contributed by atoms with Gasteiger partial charge in [0.2, 0.25) is 6.41 Å². The summed E-state index contributed by atoms with van der Waals surface area (Å²) >= 11 is 0. The van der Waals surface area contributed by atoms with E-state index < -0.39 is 0 Å². The maximum atomic E-state index is 11.6. The summed E-state index contributed by atoms with van der Waals surface area (Å²) in [7, 11) is 4.10. The second-order valence-electron chi connectivity index (χ2n) is 5.71. The molecular formula is C16H24N2O. The van der Waals surface area contributed by atoms with Crippen LogP contribution in [0.15, 0.2) is 30.3 Å². The minimum Gasteiger partial charge on any atom is -0.334 e. The van der Waals surface area contributed by atoms with Crippen LogP contribution >= 0.6 is 0 Å². The highest BCUT2D eigenvalue weighted by Gasteiger charge is 2.40. The van der Waals surface area contributed by atoms with Crippen molar-refractivity contribution in [1.82, 2.24) is 9.80 Å². The summed E-state index contributed by atoms with van der Waals surface area (Å²) in [5.41, 5.74) is 1.22. The van der Waals surface area contributed by atoms with E-state index in [4.69, 9.17) is 0 Å². The first-order valence-electron chi connectivity index (χ1n) is 7.11. The average Bonchev–Trinajstić information content (AvgIpc) is 2.91. The SMILES string of the molecule is CN(C)CCN(C=O)C1(c2ccccc2)CCCC1. The lowest BCUT2D eigenvalue weighted by atomic mass is 9.86. The van der Waals surface area contributed by atoms with E-state index in [1.54, 1.807) is 0 Å². The van der Waals surface area contributed by atoms with Crippen LogP contribution in [-0.4, -0.2) is 43.4 Å². The highest BCUT2D eigenvalue weighted by Crippen LogP contribution is 2.43. The first kappa shape index (κ1) is 14.1. The number of likely N-dealkylation sites (N-methyl/N-ethyl adjacent to an activating group) is 1. The summed E-state index contributed by atoms with van der Waals surface area (Å²) in [5.74, 6) is 0. The lowest BCUT2D eigenvalue weighted by molar-refractivity contribution is -0.124. The number of nitrogens with zero attached hydrogens (tertiary/aromatic N) is 2. The van der Waals surface area contributed by atoms with Gasteiger partial charge in [0.1, 0.15) is 0 Å². The molecule has 19 heavy (non-hydrogen) atoms. The fraction of sp³-hybridized carbons (Fsp3) is 0.562. The summed E-state index contributed by atoms with van der Waals surface area (Å²) in [6.45, 7) is 1.71. The molecule has 2 rings (SSSR count). The van der Waals surface area contributed by atoms with Crippen LogP contribution < -0.4 is 0 Å². The predicted octanol–water partition coefficient (Wildman–Crippen LogP) is 2.48. The van der Waals surface area contributed by atoms with Crippen LogP contribution in [0.2, 0.25) is 0 Å². The van der Waals surface area contributed by atoms with Gasteiger partial charge in [0, 0.05) is 13.1 Å². The molecule has 1 saturated carbocycles. The first-order valence-corrected chi connectivity index (χ1v) is 7.11. The number of benzene rings is 1. The van der Waals surface area contributed by atoms with Gasteiger partial charge in [0.15, 0.2) is 0 Å². The van der Waals surface area contributed by atoms with Gasteiger partial charge >= 0.3 is 0 Å². The van der Waals surface area contributed by atoms with Crippen molar-refractivity contribution in [3.05, 3.63) is 35.9 Å². The zero-order chi connectivity index (χ0) is 13.7. The average molecular weight is 260 g/mol. The lowest BCUT2D eigenvalue weighted by Crippen LogP contribution is -2.46. The Kier molecular flexibility index (Phi) is 4.59. The summed E-state index contributed by atoms with van der Waals surface area (Å²) < 4.78 is 0. The van der Waals surface area contributed by atoms with Gasteiger partial charge < -0.3 is 9.80 Å². The molecule has 0 bridgehead atoms. The zero-order valence-corrected chi connectivity index (χ0v) is 12.0. The Balaban J connectivity index is 2.25. The largest absolute Gasteiger partial charge is 0.334 e. The molecule has 0 radical (unpaired) electrons.